The smallest absolute Gasteiger partial charge is 0.252 e. The summed E-state index contributed by atoms with van der Waals surface area (Å²) in [6.45, 7) is 7.69. The summed E-state index contributed by atoms with van der Waals surface area (Å²) in [5, 5.41) is 7.16. The number of hydrogen-bond donors (Lipinski definition) is 1. The third kappa shape index (κ3) is 5.38. The van der Waals surface area contributed by atoms with Crippen LogP contribution in [-0.4, -0.2) is 29.1 Å². The lowest BCUT2D eigenvalue weighted by Gasteiger charge is -2.18. The van der Waals surface area contributed by atoms with Gasteiger partial charge in [-0.25, -0.2) is 0 Å². The zero-order valence-corrected chi connectivity index (χ0v) is 19.0. The molecular formula is C25H29N3O2S. The van der Waals surface area contributed by atoms with E-state index < -0.39 is 0 Å². The standard InChI is InChI=1S/C25H29N3O2S/c1-18-23(19(2)30-27-18)17-31-24-12-6-5-11-22(24)25(29)26-15-20-9-3-4-10-21(20)16-28-13-7-8-14-28/h3-6,9-12H,7-8,13-17H2,1-2H3,(H,26,29). The molecule has 1 aromatic heterocycles. The molecule has 2 heterocycles. The maximum Gasteiger partial charge on any atom is 0.252 e. The van der Waals surface area contributed by atoms with Gasteiger partial charge in [0, 0.05) is 29.3 Å². The maximum atomic E-state index is 13.0. The quantitative estimate of drug-likeness (QED) is 0.498. The number of likely N-dealkylation sites (tertiary alicyclic amines) is 1. The topological polar surface area (TPSA) is 58.4 Å². The molecule has 2 aromatic carbocycles. The van der Waals surface area contributed by atoms with Crippen molar-refractivity contribution >= 4 is 17.7 Å². The second kappa shape index (κ2) is 10.2. The minimum Gasteiger partial charge on any atom is -0.361 e. The van der Waals surface area contributed by atoms with Gasteiger partial charge in [0.15, 0.2) is 0 Å². The van der Waals surface area contributed by atoms with E-state index in [0.29, 0.717) is 12.1 Å². The number of rotatable bonds is 8. The number of hydrogen-bond acceptors (Lipinski definition) is 5. The summed E-state index contributed by atoms with van der Waals surface area (Å²) in [7, 11) is 0. The van der Waals surface area contributed by atoms with Crippen molar-refractivity contribution in [2.75, 3.05) is 13.1 Å². The van der Waals surface area contributed by atoms with Gasteiger partial charge in [0.1, 0.15) is 5.76 Å². The van der Waals surface area contributed by atoms with E-state index in [1.807, 2.05) is 44.2 Å². The average Bonchev–Trinajstić information content (AvgIpc) is 3.41. The van der Waals surface area contributed by atoms with Crippen LogP contribution in [0.2, 0.25) is 0 Å². The summed E-state index contributed by atoms with van der Waals surface area (Å²) >= 11 is 1.64. The van der Waals surface area contributed by atoms with Crippen molar-refractivity contribution in [2.24, 2.45) is 0 Å². The number of nitrogens with zero attached hydrogens (tertiary/aromatic N) is 2. The number of aryl methyl sites for hydroxylation is 2. The number of carbonyl (C=O) groups excluding carboxylic acids is 1. The van der Waals surface area contributed by atoms with Crippen LogP contribution in [0.1, 0.15) is 51.3 Å². The normalized spacial score (nSPS) is 14.1. The van der Waals surface area contributed by atoms with Crippen molar-refractivity contribution in [3.63, 3.8) is 0 Å². The van der Waals surface area contributed by atoms with Gasteiger partial charge in [-0.15, -0.1) is 11.8 Å². The molecule has 0 aliphatic carbocycles. The molecule has 1 aliphatic rings. The molecule has 31 heavy (non-hydrogen) atoms. The van der Waals surface area contributed by atoms with Gasteiger partial charge in [-0.2, -0.15) is 0 Å². The highest BCUT2D eigenvalue weighted by atomic mass is 32.2. The van der Waals surface area contributed by atoms with Gasteiger partial charge in [0.25, 0.3) is 5.91 Å². The Morgan fingerprint density at radius 1 is 1.06 bits per heavy atom. The second-order valence-corrected chi connectivity index (χ2v) is 9.04. The molecule has 1 N–H and O–H groups in total. The Hall–Kier alpha value is -2.57. The fourth-order valence-corrected chi connectivity index (χ4v) is 5.18. The van der Waals surface area contributed by atoms with E-state index in [1.54, 1.807) is 11.8 Å². The highest BCUT2D eigenvalue weighted by Crippen LogP contribution is 2.29. The number of carbonyl (C=O) groups is 1. The van der Waals surface area contributed by atoms with E-state index in [-0.39, 0.29) is 5.91 Å². The Balaban J connectivity index is 1.42. The predicted molar refractivity (Wildman–Crippen MR) is 124 cm³/mol. The van der Waals surface area contributed by atoms with Gasteiger partial charge >= 0.3 is 0 Å². The second-order valence-electron chi connectivity index (χ2n) is 8.02. The number of nitrogens with one attached hydrogen (secondary N) is 1. The first-order chi connectivity index (χ1) is 15.1. The lowest BCUT2D eigenvalue weighted by Crippen LogP contribution is -2.25. The Morgan fingerprint density at radius 2 is 1.77 bits per heavy atom. The molecule has 0 bridgehead atoms. The van der Waals surface area contributed by atoms with Crippen LogP contribution in [0.5, 0.6) is 0 Å². The van der Waals surface area contributed by atoms with Gasteiger partial charge in [-0.3, -0.25) is 9.69 Å². The van der Waals surface area contributed by atoms with Gasteiger partial charge < -0.3 is 9.84 Å². The van der Waals surface area contributed by atoms with Crippen LogP contribution in [0.4, 0.5) is 0 Å². The molecule has 1 saturated heterocycles. The number of thioether (sulfide) groups is 1. The summed E-state index contributed by atoms with van der Waals surface area (Å²) < 4.78 is 5.26. The van der Waals surface area contributed by atoms with Crippen molar-refractivity contribution < 1.29 is 9.32 Å². The molecule has 0 atom stereocenters. The highest BCUT2D eigenvalue weighted by molar-refractivity contribution is 7.98. The average molecular weight is 436 g/mol. The van der Waals surface area contributed by atoms with E-state index >= 15 is 0 Å². The lowest BCUT2D eigenvalue weighted by molar-refractivity contribution is 0.0948. The van der Waals surface area contributed by atoms with Crippen molar-refractivity contribution in [1.29, 1.82) is 0 Å². The van der Waals surface area contributed by atoms with Crippen LogP contribution in [0.3, 0.4) is 0 Å². The fraction of sp³-hybridized carbons (Fsp3) is 0.360. The Kier molecular flexibility index (Phi) is 7.10. The van der Waals surface area contributed by atoms with E-state index in [2.05, 4.69) is 33.6 Å². The zero-order valence-electron chi connectivity index (χ0n) is 18.2. The van der Waals surface area contributed by atoms with Gasteiger partial charge in [0.05, 0.1) is 11.3 Å². The van der Waals surface area contributed by atoms with Crippen LogP contribution in [0, 0.1) is 13.8 Å². The van der Waals surface area contributed by atoms with Crippen LogP contribution < -0.4 is 5.32 Å². The molecule has 4 rings (SSSR count). The fourth-order valence-electron chi connectivity index (χ4n) is 3.97. The summed E-state index contributed by atoms with van der Waals surface area (Å²) in [5.41, 5.74) is 5.18. The summed E-state index contributed by atoms with van der Waals surface area (Å²) in [4.78, 5) is 16.5. The zero-order chi connectivity index (χ0) is 21.6. The largest absolute Gasteiger partial charge is 0.361 e. The minimum atomic E-state index is -0.0437. The molecule has 0 spiro atoms. The maximum absolute atomic E-state index is 13.0. The number of benzene rings is 2. The van der Waals surface area contributed by atoms with Crippen molar-refractivity contribution in [1.82, 2.24) is 15.4 Å². The van der Waals surface area contributed by atoms with Crippen LogP contribution >= 0.6 is 11.8 Å². The number of amides is 1. The van der Waals surface area contributed by atoms with Crippen LogP contribution in [0.15, 0.2) is 57.9 Å². The molecule has 162 valence electrons. The molecule has 1 aliphatic heterocycles. The van der Waals surface area contributed by atoms with Gasteiger partial charge in [-0.05, 0) is 63.0 Å². The lowest BCUT2D eigenvalue weighted by atomic mass is 10.1. The minimum absolute atomic E-state index is 0.0437. The van der Waals surface area contributed by atoms with E-state index in [1.165, 1.54) is 24.0 Å². The van der Waals surface area contributed by atoms with Crippen molar-refractivity contribution in [3.05, 3.63) is 82.2 Å². The molecule has 6 heteroatoms. The SMILES string of the molecule is Cc1noc(C)c1CSc1ccccc1C(=O)NCc1ccccc1CN1CCCC1. The third-order valence-electron chi connectivity index (χ3n) is 5.84. The molecule has 1 fully saturated rings. The first-order valence-electron chi connectivity index (χ1n) is 10.8. The van der Waals surface area contributed by atoms with E-state index in [9.17, 15) is 4.79 Å². The summed E-state index contributed by atoms with van der Waals surface area (Å²) in [6, 6.07) is 16.2. The Morgan fingerprint density at radius 3 is 2.52 bits per heavy atom. The van der Waals surface area contributed by atoms with Crippen molar-refractivity contribution in [2.45, 2.75) is 50.4 Å². The van der Waals surface area contributed by atoms with Crippen LogP contribution in [-0.2, 0) is 18.8 Å². The molecule has 0 unspecified atom stereocenters. The van der Waals surface area contributed by atoms with Crippen molar-refractivity contribution in [3.8, 4) is 0 Å². The van der Waals surface area contributed by atoms with Crippen LogP contribution in [0.25, 0.3) is 0 Å². The molecule has 5 nitrogen and oxygen atoms in total. The molecule has 0 saturated carbocycles. The molecule has 3 aromatic rings. The monoisotopic (exact) mass is 435 g/mol. The third-order valence-corrected chi connectivity index (χ3v) is 6.94. The van der Waals surface area contributed by atoms with E-state index in [4.69, 9.17) is 4.52 Å². The Bertz CT molecular complexity index is 1020. The van der Waals surface area contributed by atoms with Gasteiger partial charge in [-0.1, -0.05) is 41.6 Å². The molecular weight excluding hydrogens is 406 g/mol. The first-order valence-corrected chi connectivity index (χ1v) is 11.8. The number of aromatic nitrogens is 1. The van der Waals surface area contributed by atoms with E-state index in [0.717, 1.165) is 47.3 Å². The highest BCUT2D eigenvalue weighted by Gasteiger charge is 2.16. The predicted octanol–water partition coefficient (Wildman–Crippen LogP) is 5.11. The van der Waals surface area contributed by atoms with Gasteiger partial charge in [0.2, 0.25) is 0 Å². The molecule has 0 radical (unpaired) electrons. The summed E-state index contributed by atoms with van der Waals surface area (Å²) in [5.74, 6) is 1.52. The molecule has 1 amide bonds. The summed E-state index contributed by atoms with van der Waals surface area (Å²) in [6.07, 6.45) is 2.56. The Labute approximate surface area is 188 Å². The first kappa shape index (κ1) is 21.7.